The quantitative estimate of drug-likeness (QED) is 0.650. The molecule has 1 N–H and O–H groups in total. The van der Waals surface area contributed by atoms with Gasteiger partial charge in [0, 0.05) is 11.5 Å². The summed E-state index contributed by atoms with van der Waals surface area (Å²) in [5.41, 5.74) is 1.18. The largest absolute Gasteiger partial charge is 0.481 e. The summed E-state index contributed by atoms with van der Waals surface area (Å²) in [6, 6.07) is 0. The fourth-order valence-corrected chi connectivity index (χ4v) is 1.66. The molecule has 0 aromatic rings. The summed E-state index contributed by atoms with van der Waals surface area (Å²) < 4.78 is 0. The van der Waals surface area contributed by atoms with Gasteiger partial charge in [-0.1, -0.05) is 26.0 Å². The highest BCUT2D eigenvalue weighted by molar-refractivity contribution is 7.99. The molecule has 0 aliphatic heterocycles. The van der Waals surface area contributed by atoms with Gasteiger partial charge in [0.25, 0.3) is 0 Å². The molecule has 2 nitrogen and oxygen atoms in total. The number of thioether (sulfide) groups is 1. The second-order valence-corrected chi connectivity index (χ2v) is 3.89. The van der Waals surface area contributed by atoms with Gasteiger partial charge in [-0.05, 0) is 6.42 Å². The molecule has 0 radical (unpaired) electrons. The Kier molecular flexibility index (Phi) is 5.89. The van der Waals surface area contributed by atoms with Crippen molar-refractivity contribution in [2.24, 2.45) is 5.92 Å². The Labute approximate surface area is 78.0 Å². The van der Waals surface area contributed by atoms with Gasteiger partial charge in [-0.25, -0.2) is 0 Å². The van der Waals surface area contributed by atoms with Crippen molar-refractivity contribution in [2.75, 3.05) is 11.5 Å². The van der Waals surface area contributed by atoms with Crippen molar-refractivity contribution in [3.8, 4) is 0 Å². The fraction of sp³-hybridized carbons (Fsp3) is 0.667. The van der Waals surface area contributed by atoms with Crippen molar-refractivity contribution in [1.29, 1.82) is 0 Å². The maximum atomic E-state index is 10.4. The molecule has 1 unspecified atom stereocenters. The van der Waals surface area contributed by atoms with Crippen LogP contribution in [0.15, 0.2) is 12.2 Å². The number of aliphatic carboxylic acids is 1. The zero-order valence-corrected chi connectivity index (χ0v) is 8.49. The first-order chi connectivity index (χ1) is 5.57. The Balaban J connectivity index is 3.43. The van der Waals surface area contributed by atoms with Gasteiger partial charge in [-0.3, -0.25) is 4.79 Å². The molecule has 0 rings (SSSR count). The molecule has 12 heavy (non-hydrogen) atoms. The van der Waals surface area contributed by atoms with E-state index in [4.69, 9.17) is 5.11 Å². The minimum atomic E-state index is -0.718. The number of carbonyl (C=O) groups is 1. The average molecular weight is 188 g/mol. The summed E-state index contributed by atoms with van der Waals surface area (Å²) in [6.07, 6.45) is 0.981. The van der Waals surface area contributed by atoms with Gasteiger partial charge in [0.2, 0.25) is 0 Å². The Morgan fingerprint density at radius 1 is 1.67 bits per heavy atom. The van der Waals surface area contributed by atoms with Crippen LogP contribution in [-0.2, 0) is 4.79 Å². The first kappa shape index (κ1) is 11.6. The Morgan fingerprint density at radius 2 is 2.25 bits per heavy atom. The molecule has 0 amide bonds. The second-order valence-electron chi connectivity index (χ2n) is 2.86. The van der Waals surface area contributed by atoms with Crippen LogP contribution < -0.4 is 0 Å². The van der Waals surface area contributed by atoms with Crippen LogP contribution >= 0.6 is 11.8 Å². The number of carboxylic acid groups (broad SMARTS) is 1. The third kappa shape index (κ3) is 5.24. The second kappa shape index (κ2) is 6.12. The van der Waals surface area contributed by atoms with E-state index < -0.39 is 5.97 Å². The van der Waals surface area contributed by atoms with Gasteiger partial charge in [0.1, 0.15) is 0 Å². The molecule has 0 saturated heterocycles. The van der Waals surface area contributed by atoms with E-state index in [0.29, 0.717) is 5.75 Å². The molecule has 3 heteroatoms. The number of rotatable bonds is 6. The monoisotopic (exact) mass is 188 g/mol. The summed E-state index contributed by atoms with van der Waals surface area (Å²) in [5.74, 6) is 0.590. The molecule has 0 saturated carbocycles. The van der Waals surface area contributed by atoms with E-state index in [0.717, 1.165) is 12.2 Å². The third-order valence-corrected chi connectivity index (χ3v) is 2.94. The first-order valence-corrected chi connectivity index (χ1v) is 5.20. The van der Waals surface area contributed by atoms with E-state index in [9.17, 15) is 4.79 Å². The van der Waals surface area contributed by atoms with Crippen LogP contribution in [0.4, 0.5) is 0 Å². The third-order valence-electron chi connectivity index (χ3n) is 1.60. The summed E-state index contributed by atoms with van der Waals surface area (Å²) in [7, 11) is 0. The maximum absolute atomic E-state index is 10.4. The molecular weight excluding hydrogens is 172 g/mol. The molecule has 70 valence electrons. The lowest BCUT2D eigenvalue weighted by molar-refractivity contribution is -0.140. The normalized spacial score (nSPS) is 12.5. The standard InChI is InChI=1S/C9H16O2S/c1-4-7(2)5-12-6-8(3)9(10)11/h8H,2,4-6H2,1,3H3,(H,10,11). The van der Waals surface area contributed by atoms with Gasteiger partial charge >= 0.3 is 5.97 Å². The van der Waals surface area contributed by atoms with Crippen LogP contribution in [0.2, 0.25) is 0 Å². The molecule has 0 heterocycles. The molecule has 1 atom stereocenters. The molecule has 0 aromatic carbocycles. The van der Waals surface area contributed by atoms with Crippen molar-refractivity contribution in [3.05, 3.63) is 12.2 Å². The van der Waals surface area contributed by atoms with Crippen LogP contribution in [0.3, 0.4) is 0 Å². The average Bonchev–Trinajstić information content (AvgIpc) is 2.03. The molecule has 0 aliphatic carbocycles. The lowest BCUT2D eigenvalue weighted by atomic mass is 10.2. The van der Waals surface area contributed by atoms with Crippen molar-refractivity contribution in [1.82, 2.24) is 0 Å². The lowest BCUT2D eigenvalue weighted by Gasteiger charge is -2.05. The smallest absolute Gasteiger partial charge is 0.307 e. The zero-order valence-electron chi connectivity index (χ0n) is 7.67. The predicted octanol–water partition coefficient (Wildman–Crippen LogP) is 2.41. The Hall–Kier alpha value is -0.440. The van der Waals surface area contributed by atoms with Crippen molar-refractivity contribution in [2.45, 2.75) is 20.3 Å². The Bertz CT molecular complexity index is 166. The molecule has 0 aliphatic rings. The summed E-state index contributed by atoms with van der Waals surface area (Å²) in [6.45, 7) is 7.63. The highest BCUT2D eigenvalue weighted by Gasteiger charge is 2.09. The van der Waals surface area contributed by atoms with E-state index >= 15 is 0 Å². The van der Waals surface area contributed by atoms with E-state index in [2.05, 4.69) is 13.5 Å². The van der Waals surface area contributed by atoms with Crippen LogP contribution in [-0.4, -0.2) is 22.6 Å². The van der Waals surface area contributed by atoms with E-state index in [1.54, 1.807) is 18.7 Å². The van der Waals surface area contributed by atoms with Crippen molar-refractivity contribution in [3.63, 3.8) is 0 Å². The van der Waals surface area contributed by atoms with Gasteiger partial charge in [0.05, 0.1) is 5.92 Å². The molecule has 0 fully saturated rings. The van der Waals surface area contributed by atoms with Crippen LogP contribution in [0.5, 0.6) is 0 Å². The first-order valence-electron chi connectivity index (χ1n) is 4.05. The zero-order chi connectivity index (χ0) is 9.56. The lowest BCUT2D eigenvalue weighted by Crippen LogP contribution is -2.12. The van der Waals surface area contributed by atoms with Crippen LogP contribution in [0, 0.1) is 5.92 Å². The predicted molar refractivity (Wildman–Crippen MR) is 53.6 cm³/mol. The van der Waals surface area contributed by atoms with Gasteiger partial charge in [-0.2, -0.15) is 11.8 Å². The Morgan fingerprint density at radius 3 is 2.67 bits per heavy atom. The highest BCUT2D eigenvalue weighted by Crippen LogP contribution is 2.13. The van der Waals surface area contributed by atoms with Gasteiger partial charge in [0.15, 0.2) is 0 Å². The summed E-state index contributed by atoms with van der Waals surface area (Å²) in [4.78, 5) is 10.4. The SMILES string of the molecule is C=C(CC)CSCC(C)C(=O)O. The van der Waals surface area contributed by atoms with E-state index in [1.807, 2.05) is 0 Å². The minimum absolute atomic E-state index is 0.250. The topological polar surface area (TPSA) is 37.3 Å². The number of hydrogen-bond donors (Lipinski definition) is 1. The minimum Gasteiger partial charge on any atom is -0.481 e. The van der Waals surface area contributed by atoms with E-state index in [1.165, 1.54) is 5.57 Å². The van der Waals surface area contributed by atoms with E-state index in [-0.39, 0.29) is 5.92 Å². The molecule has 0 spiro atoms. The summed E-state index contributed by atoms with van der Waals surface area (Å²) >= 11 is 1.64. The van der Waals surface area contributed by atoms with Crippen LogP contribution in [0.25, 0.3) is 0 Å². The van der Waals surface area contributed by atoms with Crippen molar-refractivity contribution < 1.29 is 9.90 Å². The molecule has 0 bridgehead atoms. The molecule has 0 aromatic heterocycles. The number of carboxylic acids is 1. The number of hydrogen-bond acceptors (Lipinski definition) is 2. The van der Waals surface area contributed by atoms with Crippen molar-refractivity contribution >= 4 is 17.7 Å². The molecular formula is C9H16O2S. The fourth-order valence-electron chi connectivity index (χ4n) is 0.553. The van der Waals surface area contributed by atoms with Crippen LogP contribution in [0.1, 0.15) is 20.3 Å². The van der Waals surface area contributed by atoms with Gasteiger partial charge in [-0.15, -0.1) is 0 Å². The van der Waals surface area contributed by atoms with Gasteiger partial charge < -0.3 is 5.11 Å². The summed E-state index contributed by atoms with van der Waals surface area (Å²) in [5, 5.41) is 8.57. The maximum Gasteiger partial charge on any atom is 0.307 e. The highest BCUT2D eigenvalue weighted by atomic mass is 32.2.